The van der Waals surface area contributed by atoms with Crippen LogP contribution in [0.1, 0.15) is 0 Å². The molecular formula is H2BCaO4Y. The maximum Gasteiger partial charge on any atom is 3.00 e. The van der Waals surface area contributed by atoms with Gasteiger partial charge in [-0.25, -0.2) is 0 Å². The topological polar surface area (TPSA) is 99.2 Å². The molecule has 4 nitrogen and oxygen atoms in total. The zero-order valence-corrected chi connectivity index (χ0v) is 9.79. The van der Waals surface area contributed by atoms with Crippen LogP contribution in [-0.4, -0.2) is 50.5 Å². The van der Waals surface area contributed by atoms with E-state index in [-0.39, 0.29) is 75.9 Å². The van der Waals surface area contributed by atoms with Crippen LogP contribution in [0.15, 0.2) is 0 Å². The molecular weight excluding hydrogens is 204 g/mol. The Bertz CT molecular complexity index is 16.4. The van der Waals surface area contributed by atoms with Crippen LogP contribution < -0.4 is 15.1 Å². The zero-order valence-electron chi connectivity index (χ0n) is 3.83. The van der Waals surface area contributed by atoms with Gasteiger partial charge in [-0.05, 0) is 0 Å². The Hall–Kier alpha value is 2.27. The standard InChI is InChI=1S/BO3.Ca.H2O.Y.H/c2-1(3)4;;;;/h;;1H2;;/q-3;+1;;+3;/p-1. The molecule has 34 valence electrons. The molecule has 0 heterocycles. The van der Waals surface area contributed by atoms with E-state index in [4.69, 9.17) is 15.1 Å². The third-order valence-corrected chi connectivity index (χ3v) is 0. The minimum absolute atomic E-state index is 0. The van der Waals surface area contributed by atoms with Gasteiger partial charge in [-0.3, -0.25) is 7.32 Å². The Kier molecular flexibility index (Phi) is 51.3. The molecule has 0 fully saturated rings. The van der Waals surface area contributed by atoms with E-state index in [1.54, 1.807) is 0 Å². The fourth-order valence-electron chi connectivity index (χ4n) is 0. The summed E-state index contributed by atoms with van der Waals surface area (Å²) in [4.78, 5) is 0. The van der Waals surface area contributed by atoms with Crippen LogP contribution in [-0.2, 0) is 32.7 Å². The van der Waals surface area contributed by atoms with Gasteiger partial charge in [0.1, 0.15) is 0 Å². The van der Waals surface area contributed by atoms with Crippen molar-refractivity contribution in [2.45, 2.75) is 0 Å². The summed E-state index contributed by atoms with van der Waals surface area (Å²) in [5.41, 5.74) is 0. The van der Waals surface area contributed by atoms with Gasteiger partial charge in [-0.1, -0.05) is 0 Å². The van der Waals surface area contributed by atoms with Crippen LogP contribution >= 0.6 is 0 Å². The Labute approximate surface area is 96.7 Å². The minimum atomic E-state index is -2.92. The first-order chi connectivity index (χ1) is 1.73. The fraction of sp³-hybridized carbons (Fsp3) is 0. The van der Waals surface area contributed by atoms with E-state index in [2.05, 4.69) is 0 Å². The van der Waals surface area contributed by atoms with Crippen molar-refractivity contribution in [2.24, 2.45) is 0 Å². The minimum Gasteiger partial charge on any atom is -0.907 e. The van der Waals surface area contributed by atoms with Crippen LogP contribution in [0.5, 0.6) is 0 Å². The van der Waals surface area contributed by atoms with Crippen molar-refractivity contribution in [1.29, 1.82) is 0 Å². The quantitative estimate of drug-likeness (QED) is 0.371. The van der Waals surface area contributed by atoms with Crippen molar-refractivity contribution >= 4 is 45.1 Å². The van der Waals surface area contributed by atoms with E-state index in [0.717, 1.165) is 0 Å². The first kappa shape index (κ1) is 22.8. The summed E-state index contributed by atoms with van der Waals surface area (Å²) in [6.07, 6.45) is 0. The first-order valence-electron chi connectivity index (χ1n) is 0.707. The molecule has 0 aromatic heterocycles. The molecule has 0 saturated carbocycles. The van der Waals surface area contributed by atoms with Gasteiger partial charge in [0.15, 0.2) is 0 Å². The molecule has 0 rings (SSSR count). The van der Waals surface area contributed by atoms with Crippen LogP contribution in [0.2, 0.25) is 0 Å². The van der Waals surface area contributed by atoms with Gasteiger partial charge in [0.25, 0.3) is 0 Å². The van der Waals surface area contributed by atoms with Gasteiger partial charge >= 0.3 is 70.4 Å². The molecule has 0 aromatic rings. The third kappa shape index (κ3) is 63.1. The number of hydrogen-bond donors (Lipinski definition) is 0. The summed E-state index contributed by atoms with van der Waals surface area (Å²) >= 11 is 0. The van der Waals surface area contributed by atoms with Crippen molar-refractivity contribution in [1.82, 2.24) is 0 Å². The van der Waals surface area contributed by atoms with Crippen molar-refractivity contribution in [3.8, 4) is 0 Å². The molecule has 7 heteroatoms. The predicted octanol–water partition coefficient (Wildman–Crippen LogP) is -4.78. The van der Waals surface area contributed by atoms with E-state index in [9.17, 15) is 0 Å². The Morgan fingerprint density at radius 2 is 1.00 bits per heavy atom. The van der Waals surface area contributed by atoms with Crippen molar-refractivity contribution in [3.05, 3.63) is 0 Å². The molecule has 0 radical (unpaired) electrons. The van der Waals surface area contributed by atoms with Crippen molar-refractivity contribution < 1.29 is 53.3 Å². The summed E-state index contributed by atoms with van der Waals surface area (Å²) in [5.74, 6) is 0. The van der Waals surface area contributed by atoms with Crippen LogP contribution in [0, 0.1) is 0 Å². The van der Waals surface area contributed by atoms with Crippen molar-refractivity contribution in [3.63, 3.8) is 0 Å². The molecule has 0 bridgehead atoms. The molecule has 0 atom stereocenters. The van der Waals surface area contributed by atoms with E-state index < -0.39 is 7.32 Å². The summed E-state index contributed by atoms with van der Waals surface area (Å²) < 4.78 is 0. The van der Waals surface area contributed by atoms with Crippen LogP contribution in [0.4, 0.5) is 0 Å². The summed E-state index contributed by atoms with van der Waals surface area (Å²) in [7, 11) is -2.92. The monoisotopic (exact) mass is 206 g/mol. The second-order valence-electron chi connectivity index (χ2n) is 0.289. The van der Waals surface area contributed by atoms with Gasteiger partial charge in [0, 0.05) is 0 Å². The molecule has 0 aliphatic rings. The first-order valence-corrected chi connectivity index (χ1v) is 0.707. The van der Waals surface area contributed by atoms with Gasteiger partial charge in [0.2, 0.25) is 0 Å². The van der Waals surface area contributed by atoms with Gasteiger partial charge in [0.05, 0.1) is 0 Å². The molecule has 0 unspecified atom stereocenters. The second-order valence-corrected chi connectivity index (χ2v) is 0.289. The van der Waals surface area contributed by atoms with Gasteiger partial charge in [-0.2, -0.15) is 0 Å². The molecule has 7 heavy (non-hydrogen) atoms. The maximum atomic E-state index is 8.42. The van der Waals surface area contributed by atoms with E-state index in [1.165, 1.54) is 0 Å². The second kappa shape index (κ2) is 15.7. The average Bonchev–Trinajstić information content (AvgIpc) is 0.811. The summed E-state index contributed by atoms with van der Waals surface area (Å²) in [5, 5.41) is 25.2. The largest absolute Gasteiger partial charge is 3.00 e. The SMILES string of the molecule is [CaH+].[O-]B([O-])[O-].[OH-].[Y+3]. The third-order valence-electron chi connectivity index (χ3n) is 0. The molecule has 0 aromatic carbocycles. The molecule has 0 aliphatic heterocycles. The van der Waals surface area contributed by atoms with E-state index in [0.29, 0.717) is 0 Å². The number of rotatable bonds is 0. The average molecular weight is 206 g/mol. The molecule has 0 amide bonds. The molecule has 1 N–H and O–H groups in total. The molecule has 0 saturated heterocycles. The van der Waals surface area contributed by atoms with E-state index in [1.807, 2.05) is 0 Å². The van der Waals surface area contributed by atoms with Crippen LogP contribution in [0.25, 0.3) is 0 Å². The Balaban J connectivity index is -0.0000000150. The van der Waals surface area contributed by atoms with Gasteiger partial charge in [-0.15, -0.1) is 0 Å². The summed E-state index contributed by atoms with van der Waals surface area (Å²) in [6.45, 7) is 0. The predicted molar refractivity (Wildman–Crippen MR) is 14.8 cm³/mol. The fourth-order valence-corrected chi connectivity index (χ4v) is 0. The Morgan fingerprint density at radius 3 is 1.00 bits per heavy atom. The molecule has 0 spiro atoms. The summed E-state index contributed by atoms with van der Waals surface area (Å²) in [6, 6.07) is 0. The maximum absolute atomic E-state index is 8.42. The zero-order chi connectivity index (χ0) is 3.58. The van der Waals surface area contributed by atoms with Crippen molar-refractivity contribution in [2.75, 3.05) is 0 Å². The van der Waals surface area contributed by atoms with E-state index >= 15 is 0 Å². The van der Waals surface area contributed by atoms with Gasteiger partial charge < -0.3 is 20.5 Å². The van der Waals surface area contributed by atoms with Crippen LogP contribution in [0.3, 0.4) is 0 Å². The normalized spacial score (nSPS) is 3.86. The smallest absolute Gasteiger partial charge is 0.907 e. The molecule has 0 aliphatic carbocycles. The Morgan fingerprint density at radius 1 is 1.00 bits per heavy atom. The number of hydrogen-bond acceptors (Lipinski definition) is 4.